The minimum Gasteiger partial charge on any atom is -0.0654 e. The molecule has 21 heavy (non-hydrogen) atoms. The van der Waals surface area contributed by atoms with Crippen LogP contribution in [0.4, 0.5) is 0 Å². The summed E-state index contributed by atoms with van der Waals surface area (Å²) in [7, 11) is -0.702. The van der Waals surface area contributed by atoms with Gasteiger partial charge >= 0.3 is 0 Å². The van der Waals surface area contributed by atoms with Crippen LogP contribution in [0.5, 0.6) is 0 Å². The fraction of sp³-hybridized carbons (Fsp3) is 1.00. The molecule has 0 radical (unpaired) electrons. The number of hydrogen-bond acceptors (Lipinski definition) is 0. The molecule has 0 aromatic heterocycles. The largest absolute Gasteiger partial charge is 0.0697 e. The predicted octanol–water partition coefficient (Wildman–Crippen LogP) is 7.76. The number of unbranched alkanes of at least 4 members (excludes halogenated alkanes) is 4. The first-order chi connectivity index (χ1) is 10.2. The first-order valence-corrected chi connectivity index (χ1v) is 12.5. The van der Waals surface area contributed by atoms with Crippen LogP contribution in [0.2, 0.25) is 0 Å². The van der Waals surface area contributed by atoms with Gasteiger partial charge in [0.15, 0.2) is 0 Å². The highest BCUT2D eigenvalue weighted by Crippen LogP contribution is 2.67. The minimum absolute atomic E-state index is 0.702. The average molecular weight is 316 g/mol. The fourth-order valence-electron chi connectivity index (χ4n) is 3.77. The zero-order chi connectivity index (χ0) is 16.0. The van der Waals surface area contributed by atoms with E-state index in [2.05, 4.69) is 34.6 Å². The van der Waals surface area contributed by atoms with E-state index < -0.39 is 7.26 Å². The Labute approximate surface area is 137 Å². The van der Waals surface area contributed by atoms with Crippen molar-refractivity contribution in [3.63, 3.8) is 0 Å². The molecule has 0 rings (SSSR count). The molecule has 0 aliphatic carbocycles. The lowest BCUT2D eigenvalue weighted by Gasteiger charge is -2.36. The van der Waals surface area contributed by atoms with Gasteiger partial charge in [0.05, 0.1) is 24.1 Å². The Hall–Kier alpha value is 0.430. The van der Waals surface area contributed by atoms with Crippen molar-refractivity contribution in [2.24, 2.45) is 0 Å². The molecule has 0 amide bonds. The molecule has 128 valence electrons. The highest BCUT2D eigenvalue weighted by Gasteiger charge is 2.42. The van der Waals surface area contributed by atoms with Crippen LogP contribution >= 0.6 is 7.26 Å². The van der Waals surface area contributed by atoms with Gasteiger partial charge in [-0.3, -0.25) is 0 Å². The maximum absolute atomic E-state index is 2.41. The molecule has 0 aromatic carbocycles. The van der Waals surface area contributed by atoms with Gasteiger partial charge in [-0.05, 0) is 38.5 Å². The van der Waals surface area contributed by atoms with Gasteiger partial charge in [-0.15, -0.1) is 0 Å². The van der Waals surface area contributed by atoms with Crippen molar-refractivity contribution in [2.75, 3.05) is 18.5 Å². The third kappa shape index (κ3) is 8.59. The van der Waals surface area contributed by atoms with Gasteiger partial charge in [0.2, 0.25) is 0 Å². The van der Waals surface area contributed by atoms with E-state index >= 15 is 0 Å². The highest BCUT2D eigenvalue weighted by atomic mass is 31.2. The summed E-state index contributed by atoms with van der Waals surface area (Å²) in [5, 5.41) is 0. The Balaban J connectivity index is 5.08. The molecule has 1 atom stereocenters. The van der Waals surface area contributed by atoms with Gasteiger partial charge in [-0.25, -0.2) is 0 Å². The molecule has 0 aromatic rings. The van der Waals surface area contributed by atoms with Crippen LogP contribution in [-0.4, -0.2) is 24.1 Å². The van der Waals surface area contributed by atoms with Crippen LogP contribution in [-0.2, 0) is 0 Å². The first-order valence-electron chi connectivity index (χ1n) is 10.1. The van der Waals surface area contributed by atoms with Crippen molar-refractivity contribution < 1.29 is 0 Å². The van der Waals surface area contributed by atoms with Crippen molar-refractivity contribution >= 4 is 7.26 Å². The molecule has 0 saturated carbocycles. The molecule has 0 heterocycles. The lowest BCUT2D eigenvalue weighted by atomic mass is 10.1. The van der Waals surface area contributed by atoms with Gasteiger partial charge in [0, 0.05) is 7.26 Å². The second-order valence-electron chi connectivity index (χ2n) is 7.03. The van der Waals surface area contributed by atoms with E-state index in [0.29, 0.717) is 0 Å². The monoisotopic (exact) mass is 315 g/mol. The van der Waals surface area contributed by atoms with Crippen LogP contribution < -0.4 is 0 Å². The summed E-state index contributed by atoms with van der Waals surface area (Å²) >= 11 is 0. The lowest BCUT2D eigenvalue weighted by Crippen LogP contribution is -2.23. The van der Waals surface area contributed by atoms with Crippen LogP contribution in [0, 0.1) is 0 Å². The average Bonchev–Trinajstić information content (AvgIpc) is 2.51. The van der Waals surface area contributed by atoms with Gasteiger partial charge in [0.25, 0.3) is 0 Å². The lowest BCUT2D eigenvalue weighted by molar-refractivity contribution is 0.619. The van der Waals surface area contributed by atoms with Gasteiger partial charge in [-0.2, -0.15) is 0 Å². The van der Waals surface area contributed by atoms with E-state index in [9.17, 15) is 0 Å². The molecular weight excluding hydrogens is 271 g/mol. The zero-order valence-electron chi connectivity index (χ0n) is 15.9. The second kappa shape index (κ2) is 14.0. The van der Waals surface area contributed by atoms with Gasteiger partial charge in [-0.1, -0.05) is 66.7 Å². The second-order valence-corrected chi connectivity index (χ2v) is 11.5. The minimum atomic E-state index is -0.702. The van der Waals surface area contributed by atoms with E-state index in [-0.39, 0.29) is 0 Å². The fourth-order valence-corrected chi connectivity index (χ4v) is 9.91. The van der Waals surface area contributed by atoms with Crippen molar-refractivity contribution in [3.8, 4) is 0 Å². The Morgan fingerprint density at radius 3 is 1.29 bits per heavy atom. The Bertz CT molecular complexity index is 190. The highest BCUT2D eigenvalue weighted by molar-refractivity contribution is 7.76. The molecule has 0 aliphatic rings. The zero-order valence-corrected chi connectivity index (χ0v) is 16.8. The van der Waals surface area contributed by atoms with Crippen molar-refractivity contribution in [1.82, 2.24) is 0 Å². The molecule has 0 aliphatic heterocycles. The smallest absolute Gasteiger partial charge is 0.0654 e. The van der Waals surface area contributed by atoms with Crippen molar-refractivity contribution in [2.45, 2.75) is 111 Å². The third-order valence-corrected chi connectivity index (χ3v) is 10.8. The maximum Gasteiger partial charge on any atom is 0.0697 e. The summed E-state index contributed by atoms with van der Waals surface area (Å²) in [6.07, 6.45) is 20.8. The normalized spacial score (nSPS) is 13.6. The Morgan fingerprint density at radius 2 is 0.952 bits per heavy atom. The molecule has 0 bridgehead atoms. The van der Waals surface area contributed by atoms with Crippen molar-refractivity contribution in [1.29, 1.82) is 0 Å². The summed E-state index contributed by atoms with van der Waals surface area (Å²) in [4.78, 5) is 0. The predicted molar refractivity (Wildman–Crippen MR) is 104 cm³/mol. The van der Waals surface area contributed by atoms with E-state index in [0.717, 1.165) is 5.66 Å². The molecule has 0 N–H and O–H groups in total. The molecule has 0 saturated heterocycles. The Morgan fingerprint density at radius 1 is 0.524 bits per heavy atom. The molecule has 0 nitrogen and oxygen atoms in total. The van der Waals surface area contributed by atoms with Crippen LogP contribution in [0.1, 0.15) is 105 Å². The SMILES string of the molecule is CCCCC(CCC)[P+](CCCC)(CCCC)CCCC. The summed E-state index contributed by atoms with van der Waals surface area (Å²) in [6.45, 7) is 11.9. The standard InChI is InChI=1S/C20H44P/c1-6-11-16-20(15-10-5)21(17-12-7-2,18-13-8-3)19-14-9-4/h20H,6-19H2,1-5H3/q+1. The molecule has 0 spiro atoms. The quantitative estimate of drug-likeness (QED) is 0.271. The van der Waals surface area contributed by atoms with Crippen LogP contribution in [0.25, 0.3) is 0 Å². The maximum atomic E-state index is 2.41. The van der Waals surface area contributed by atoms with Crippen LogP contribution in [0.15, 0.2) is 0 Å². The van der Waals surface area contributed by atoms with Gasteiger partial charge in [0.1, 0.15) is 0 Å². The summed E-state index contributed by atoms with van der Waals surface area (Å²) in [5.74, 6) is 0. The summed E-state index contributed by atoms with van der Waals surface area (Å²) in [6, 6.07) is 0. The van der Waals surface area contributed by atoms with E-state index in [1.165, 1.54) is 70.6 Å². The first kappa shape index (κ1) is 21.4. The van der Waals surface area contributed by atoms with E-state index in [1.807, 2.05) is 0 Å². The summed E-state index contributed by atoms with van der Waals surface area (Å²) in [5.41, 5.74) is 1.10. The molecular formula is C20H44P+. The van der Waals surface area contributed by atoms with E-state index in [4.69, 9.17) is 0 Å². The van der Waals surface area contributed by atoms with Crippen LogP contribution in [0.3, 0.4) is 0 Å². The molecule has 0 fully saturated rings. The Kier molecular flexibility index (Phi) is 14.3. The number of rotatable bonds is 15. The van der Waals surface area contributed by atoms with Gasteiger partial charge < -0.3 is 0 Å². The summed E-state index contributed by atoms with van der Waals surface area (Å²) < 4.78 is 0. The topological polar surface area (TPSA) is 0 Å². The van der Waals surface area contributed by atoms with E-state index in [1.54, 1.807) is 18.5 Å². The number of hydrogen-bond donors (Lipinski definition) is 0. The molecule has 1 heteroatoms. The molecule has 1 unspecified atom stereocenters. The third-order valence-electron chi connectivity index (χ3n) is 5.16. The van der Waals surface area contributed by atoms with Crippen molar-refractivity contribution in [3.05, 3.63) is 0 Å².